The van der Waals surface area contributed by atoms with E-state index in [0.29, 0.717) is 0 Å². The lowest BCUT2D eigenvalue weighted by atomic mass is 10.2. The van der Waals surface area contributed by atoms with Crippen molar-refractivity contribution in [3.63, 3.8) is 0 Å². The van der Waals surface area contributed by atoms with Crippen LogP contribution in [-0.4, -0.2) is 19.5 Å². The molecule has 0 aliphatic heterocycles. The summed E-state index contributed by atoms with van der Waals surface area (Å²) in [7, 11) is 0.888. The SMILES string of the molecule is O=C(O)c1cccc(Cl)c1S(=O)(=O)Cl. The molecule has 14 heavy (non-hydrogen) atoms. The van der Waals surface area contributed by atoms with Gasteiger partial charge < -0.3 is 5.11 Å². The highest BCUT2D eigenvalue weighted by Crippen LogP contribution is 2.28. The van der Waals surface area contributed by atoms with E-state index in [0.717, 1.165) is 6.07 Å². The summed E-state index contributed by atoms with van der Waals surface area (Å²) in [5.74, 6) is -1.40. The summed E-state index contributed by atoms with van der Waals surface area (Å²) < 4.78 is 22.0. The van der Waals surface area contributed by atoms with Gasteiger partial charge in [-0.25, -0.2) is 13.2 Å². The number of hydrogen-bond acceptors (Lipinski definition) is 3. The summed E-state index contributed by atoms with van der Waals surface area (Å²) in [4.78, 5) is 10.1. The third kappa shape index (κ3) is 2.17. The molecule has 0 unspecified atom stereocenters. The Morgan fingerprint density at radius 3 is 2.29 bits per heavy atom. The first-order valence-electron chi connectivity index (χ1n) is 3.30. The van der Waals surface area contributed by atoms with Gasteiger partial charge in [0.1, 0.15) is 4.90 Å². The summed E-state index contributed by atoms with van der Waals surface area (Å²) >= 11 is 5.53. The van der Waals surface area contributed by atoms with Crippen molar-refractivity contribution in [2.45, 2.75) is 4.90 Å². The van der Waals surface area contributed by atoms with Crippen LogP contribution in [0.4, 0.5) is 0 Å². The van der Waals surface area contributed by atoms with Crippen molar-refractivity contribution in [2.75, 3.05) is 0 Å². The maximum atomic E-state index is 11.0. The van der Waals surface area contributed by atoms with E-state index < -0.39 is 25.5 Å². The number of aromatic carboxylic acids is 1. The summed E-state index contributed by atoms with van der Waals surface area (Å²) in [6.07, 6.45) is 0. The molecule has 0 fully saturated rings. The number of rotatable bonds is 2. The van der Waals surface area contributed by atoms with Gasteiger partial charge in [-0.1, -0.05) is 17.7 Å². The molecule has 4 nitrogen and oxygen atoms in total. The van der Waals surface area contributed by atoms with Crippen molar-refractivity contribution in [1.82, 2.24) is 0 Å². The fraction of sp³-hybridized carbons (Fsp3) is 0. The van der Waals surface area contributed by atoms with Crippen LogP contribution in [0.25, 0.3) is 0 Å². The normalized spacial score (nSPS) is 11.3. The summed E-state index contributed by atoms with van der Waals surface area (Å²) in [6, 6.07) is 3.70. The van der Waals surface area contributed by atoms with Crippen LogP contribution in [0.3, 0.4) is 0 Å². The van der Waals surface area contributed by atoms with Gasteiger partial charge in [0, 0.05) is 10.7 Å². The Labute approximate surface area is 89.5 Å². The van der Waals surface area contributed by atoms with Crippen LogP contribution < -0.4 is 0 Å². The van der Waals surface area contributed by atoms with E-state index in [1.165, 1.54) is 12.1 Å². The third-order valence-electron chi connectivity index (χ3n) is 1.44. The van der Waals surface area contributed by atoms with Gasteiger partial charge in [-0.3, -0.25) is 0 Å². The van der Waals surface area contributed by atoms with Gasteiger partial charge in [0.25, 0.3) is 9.05 Å². The Hall–Kier alpha value is -0.780. The fourth-order valence-corrected chi connectivity index (χ4v) is 2.74. The summed E-state index contributed by atoms with van der Waals surface area (Å²) in [5.41, 5.74) is -0.437. The van der Waals surface area contributed by atoms with Crippen molar-refractivity contribution in [3.05, 3.63) is 28.8 Å². The van der Waals surface area contributed by atoms with E-state index in [1.54, 1.807) is 0 Å². The molecule has 0 amide bonds. The molecule has 7 heteroatoms. The third-order valence-corrected chi connectivity index (χ3v) is 3.26. The molecule has 1 aromatic carbocycles. The van der Waals surface area contributed by atoms with E-state index in [2.05, 4.69) is 0 Å². The minimum absolute atomic E-state index is 0.208. The largest absolute Gasteiger partial charge is 0.478 e. The van der Waals surface area contributed by atoms with E-state index in [-0.39, 0.29) is 5.02 Å². The van der Waals surface area contributed by atoms with Gasteiger partial charge in [-0.05, 0) is 12.1 Å². The van der Waals surface area contributed by atoms with Gasteiger partial charge in [0.15, 0.2) is 0 Å². The lowest BCUT2D eigenvalue weighted by Crippen LogP contribution is -2.05. The monoisotopic (exact) mass is 254 g/mol. The van der Waals surface area contributed by atoms with Gasteiger partial charge in [0.2, 0.25) is 0 Å². The molecule has 0 radical (unpaired) electrons. The molecule has 1 aromatic rings. The standard InChI is InChI=1S/C7H4Cl2O4S/c8-5-3-1-2-4(7(10)11)6(5)14(9,12)13/h1-3H,(H,10,11). The first-order chi connectivity index (χ1) is 6.34. The molecule has 0 heterocycles. The molecule has 0 spiro atoms. The average molecular weight is 255 g/mol. The molecule has 0 atom stereocenters. The highest BCUT2D eigenvalue weighted by atomic mass is 35.7. The zero-order valence-corrected chi connectivity index (χ0v) is 8.90. The zero-order valence-electron chi connectivity index (χ0n) is 6.57. The predicted octanol–water partition coefficient (Wildman–Crippen LogP) is 1.97. The minimum Gasteiger partial charge on any atom is -0.478 e. The topological polar surface area (TPSA) is 71.4 Å². The fourth-order valence-electron chi connectivity index (χ4n) is 0.925. The highest BCUT2D eigenvalue weighted by molar-refractivity contribution is 8.13. The minimum atomic E-state index is -4.15. The van der Waals surface area contributed by atoms with Crippen molar-refractivity contribution < 1.29 is 18.3 Å². The van der Waals surface area contributed by atoms with Crippen LogP contribution in [0.2, 0.25) is 5.02 Å². The van der Waals surface area contributed by atoms with Crippen LogP contribution >= 0.6 is 22.3 Å². The van der Waals surface area contributed by atoms with Gasteiger partial charge in [0.05, 0.1) is 10.6 Å². The van der Waals surface area contributed by atoms with Crippen LogP contribution in [0.5, 0.6) is 0 Å². The van der Waals surface area contributed by atoms with Crippen LogP contribution in [0, 0.1) is 0 Å². The Morgan fingerprint density at radius 2 is 1.93 bits per heavy atom. The first-order valence-corrected chi connectivity index (χ1v) is 5.99. The number of carbonyl (C=O) groups is 1. The summed E-state index contributed by atoms with van der Waals surface area (Å²) in [5, 5.41) is 8.46. The van der Waals surface area contributed by atoms with E-state index >= 15 is 0 Å². The smallest absolute Gasteiger partial charge is 0.337 e. The molecular formula is C7H4Cl2O4S. The van der Waals surface area contributed by atoms with E-state index in [9.17, 15) is 13.2 Å². The molecule has 1 N–H and O–H groups in total. The summed E-state index contributed by atoms with van der Waals surface area (Å²) in [6.45, 7) is 0. The lowest BCUT2D eigenvalue weighted by molar-refractivity contribution is 0.0692. The molecule has 1 rings (SSSR count). The molecule has 0 saturated heterocycles. The molecular weight excluding hydrogens is 251 g/mol. The zero-order chi connectivity index (χ0) is 10.9. The number of halogens is 2. The number of hydrogen-bond donors (Lipinski definition) is 1. The van der Waals surface area contributed by atoms with E-state index in [1.807, 2.05) is 0 Å². The van der Waals surface area contributed by atoms with Gasteiger partial charge in [-0.15, -0.1) is 0 Å². The number of benzene rings is 1. The molecule has 0 saturated carbocycles. The second-order valence-electron chi connectivity index (χ2n) is 2.36. The van der Waals surface area contributed by atoms with Crippen molar-refractivity contribution in [3.8, 4) is 0 Å². The van der Waals surface area contributed by atoms with Crippen LogP contribution in [0.15, 0.2) is 23.1 Å². The first kappa shape index (κ1) is 11.3. The van der Waals surface area contributed by atoms with Crippen molar-refractivity contribution >= 4 is 37.3 Å². The second-order valence-corrected chi connectivity index (χ2v) is 5.27. The van der Waals surface area contributed by atoms with Crippen LogP contribution in [-0.2, 0) is 9.05 Å². The molecule has 0 aliphatic carbocycles. The second kappa shape index (κ2) is 3.76. The maximum Gasteiger partial charge on any atom is 0.337 e. The lowest BCUT2D eigenvalue weighted by Gasteiger charge is -2.03. The van der Waals surface area contributed by atoms with Crippen molar-refractivity contribution in [2.24, 2.45) is 0 Å². The molecule has 0 aliphatic rings. The number of carboxylic acid groups (broad SMARTS) is 1. The van der Waals surface area contributed by atoms with Crippen molar-refractivity contribution in [1.29, 1.82) is 0 Å². The molecule has 0 aromatic heterocycles. The Balaban J connectivity index is 3.62. The highest BCUT2D eigenvalue weighted by Gasteiger charge is 2.23. The Kier molecular flexibility index (Phi) is 3.04. The quantitative estimate of drug-likeness (QED) is 0.820. The average Bonchev–Trinajstić information content (AvgIpc) is 2.01. The Morgan fingerprint density at radius 1 is 1.36 bits per heavy atom. The number of carboxylic acids is 1. The van der Waals surface area contributed by atoms with E-state index in [4.69, 9.17) is 27.4 Å². The Bertz CT molecular complexity index is 480. The predicted molar refractivity (Wildman–Crippen MR) is 51.5 cm³/mol. The van der Waals surface area contributed by atoms with Gasteiger partial charge >= 0.3 is 5.97 Å². The molecule has 76 valence electrons. The maximum absolute atomic E-state index is 11.0. The van der Waals surface area contributed by atoms with Crippen LogP contribution in [0.1, 0.15) is 10.4 Å². The van der Waals surface area contributed by atoms with Gasteiger partial charge in [-0.2, -0.15) is 0 Å². The molecule has 0 bridgehead atoms.